The Morgan fingerprint density at radius 3 is 1.26 bits per heavy atom. The number of benzene rings is 1. The summed E-state index contributed by atoms with van der Waals surface area (Å²) in [7, 11) is -1.11. The van der Waals surface area contributed by atoms with Gasteiger partial charge in [-0.25, -0.2) is 0 Å². The maximum absolute atomic E-state index is 4.44. The molecule has 0 nitrogen and oxygen atoms in total. The van der Waals surface area contributed by atoms with Gasteiger partial charge < -0.3 is 24.0 Å². The van der Waals surface area contributed by atoms with E-state index in [0.717, 1.165) is 0 Å². The third-order valence-corrected chi connectivity index (χ3v) is 13.1. The van der Waals surface area contributed by atoms with Crippen molar-refractivity contribution in [3.8, 4) is 0 Å². The zero-order valence-electron chi connectivity index (χ0n) is 23.9. The second-order valence-electron chi connectivity index (χ2n) is 10.8. The Balaban J connectivity index is 0.0000116. The Bertz CT molecular complexity index is 529. The van der Waals surface area contributed by atoms with Gasteiger partial charge in [0, 0.05) is 7.26 Å². The quantitative estimate of drug-likeness (QED) is 0.0472. The molecule has 1 unspecified atom stereocenters. The van der Waals surface area contributed by atoms with Crippen molar-refractivity contribution in [3.63, 3.8) is 0 Å². The summed E-state index contributed by atoms with van der Waals surface area (Å²) in [6.07, 6.45) is 32.4. The van der Waals surface area contributed by atoms with E-state index in [9.17, 15) is 0 Å². The molecule has 0 saturated carbocycles. The fourth-order valence-electron chi connectivity index (χ4n) is 5.70. The summed E-state index contributed by atoms with van der Waals surface area (Å²) in [6, 6.07) is 11.5. The van der Waals surface area contributed by atoms with E-state index in [1.807, 2.05) is 0 Å². The maximum atomic E-state index is 4.44. The minimum absolute atomic E-state index is 0. The van der Waals surface area contributed by atoms with Crippen LogP contribution in [-0.2, 0) is 0 Å². The molecule has 0 amide bonds. The van der Waals surface area contributed by atoms with E-state index in [-0.39, 0.29) is 24.0 Å². The van der Waals surface area contributed by atoms with Crippen molar-refractivity contribution in [2.45, 2.75) is 142 Å². The van der Waals surface area contributed by atoms with Gasteiger partial charge in [-0.15, -0.1) is 0 Å². The molecule has 1 atom stereocenters. The molecule has 204 valence electrons. The summed E-state index contributed by atoms with van der Waals surface area (Å²) in [6.45, 7) is 11.4. The van der Waals surface area contributed by atoms with Crippen LogP contribution in [0.5, 0.6) is 0 Å². The number of unbranched alkanes of at least 4 members (excludes halogenated alkanes) is 15. The zero-order valence-corrected chi connectivity index (χ0v) is 27.0. The molecule has 2 heteroatoms. The van der Waals surface area contributed by atoms with Gasteiger partial charge in [-0.3, -0.25) is 0 Å². The lowest BCUT2D eigenvalue weighted by molar-refractivity contribution is -0.00000749. The average Bonchev–Trinajstić information content (AvgIpc) is 2.86. The molecule has 0 aliphatic heterocycles. The van der Waals surface area contributed by atoms with Gasteiger partial charge in [0.1, 0.15) is 5.66 Å². The fraction of sp³-hybridized carbons (Fsp3) is 0.758. The Kier molecular flexibility index (Phi) is 24.5. The van der Waals surface area contributed by atoms with E-state index in [4.69, 9.17) is 0 Å². The van der Waals surface area contributed by atoms with Crippen LogP contribution in [0.15, 0.2) is 43.0 Å². The highest BCUT2D eigenvalue weighted by atomic mass is 127. The van der Waals surface area contributed by atoms with Crippen molar-refractivity contribution >= 4 is 7.26 Å². The number of rotatable bonds is 24. The molecular formula is C33H60IP. The number of hydrogen-bond acceptors (Lipinski definition) is 0. The summed E-state index contributed by atoms with van der Waals surface area (Å²) >= 11 is 0. The van der Waals surface area contributed by atoms with Crippen LogP contribution >= 0.6 is 7.26 Å². The molecular weight excluding hydrogens is 554 g/mol. The Morgan fingerprint density at radius 1 is 0.571 bits per heavy atom. The maximum Gasteiger partial charge on any atom is 0.112 e. The molecule has 0 radical (unpaired) electrons. The van der Waals surface area contributed by atoms with Gasteiger partial charge in [0.05, 0.1) is 18.5 Å². The predicted octanol–water partition coefficient (Wildman–Crippen LogP) is 9.02. The van der Waals surface area contributed by atoms with E-state index in [2.05, 4.69) is 63.8 Å². The molecule has 1 aromatic rings. The first kappa shape index (κ1) is 35.1. The Labute approximate surface area is 239 Å². The fourth-order valence-corrected chi connectivity index (χ4v) is 11.0. The van der Waals surface area contributed by atoms with E-state index >= 15 is 0 Å². The van der Waals surface area contributed by atoms with Crippen LogP contribution in [0, 0.1) is 0 Å². The van der Waals surface area contributed by atoms with Crippen LogP contribution in [0.4, 0.5) is 0 Å². The molecule has 0 heterocycles. The Morgan fingerprint density at radius 2 is 0.914 bits per heavy atom. The van der Waals surface area contributed by atoms with Gasteiger partial charge in [0.15, 0.2) is 0 Å². The first-order valence-corrected chi connectivity index (χ1v) is 17.7. The van der Waals surface area contributed by atoms with Crippen molar-refractivity contribution in [2.75, 3.05) is 18.5 Å². The van der Waals surface area contributed by atoms with Crippen molar-refractivity contribution in [1.82, 2.24) is 0 Å². The van der Waals surface area contributed by atoms with E-state index in [1.54, 1.807) is 5.56 Å². The topological polar surface area (TPSA) is 0 Å². The monoisotopic (exact) mass is 614 g/mol. The highest BCUT2D eigenvalue weighted by Crippen LogP contribution is 2.71. The number of allylic oxidation sites excluding steroid dienone is 1. The van der Waals surface area contributed by atoms with Crippen LogP contribution in [0.1, 0.15) is 148 Å². The molecule has 0 N–H and O–H groups in total. The van der Waals surface area contributed by atoms with Crippen LogP contribution in [0.2, 0.25) is 0 Å². The number of hydrogen-bond donors (Lipinski definition) is 0. The number of halogens is 1. The minimum atomic E-state index is -1.11. The third-order valence-electron chi connectivity index (χ3n) is 7.83. The van der Waals surface area contributed by atoms with Crippen molar-refractivity contribution in [2.24, 2.45) is 0 Å². The molecule has 0 spiro atoms. The molecule has 0 aliphatic carbocycles. The molecule has 0 aromatic heterocycles. The van der Waals surface area contributed by atoms with Crippen LogP contribution in [-0.4, -0.2) is 18.5 Å². The molecule has 0 saturated heterocycles. The summed E-state index contributed by atoms with van der Waals surface area (Å²) < 4.78 is 0. The lowest BCUT2D eigenvalue weighted by Crippen LogP contribution is -3.00. The largest absolute Gasteiger partial charge is 1.00 e. The molecule has 1 rings (SSSR count). The summed E-state index contributed by atoms with van der Waals surface area (Å²) in [5.74, 6) is 0. The highest BCUT2D eigenvalue weighted by molar-refractivity contribution is 7.76. The summed E-state index contributed by atoms with van der Waals surface area (Å²) in [4.78, 5) is 0. The first-order chi connectivity index (χ1) is 16.7. The van der Waals surface area contributed by atoms with Gasteiger partial charge in [0.25, 0.3) is 0 Å². The lowest BCUT2D eigenvalue weighted by Gasteiger charge is -2.34. The van der Waals surface area contributed by atoms with Crippen molar-refractivity contribution in [1.29, 1.82) is 0 Å². The standard InChI is InChI=1S/C33H60P.HI/c1-5-9-12-15-18-24-29-34(30-25-19-16-13-10-6-2,31-26-20-17-14-11-7-3)33(8-4)32-27-22-21-23-28-32;/h8,21-23,27-28,33H,4-7,9-20,24-26,29-31H2,1-3H3;1H/q+1;/p-1. The second kappa shape index (κ2) is 24.5. The zero-order chi connectivity index (χ0) is 24.7. The van der Waals surface area contributed by atoms with Gasteiger partial charge in [-0.05, 0) is 50.2 Å². The molecule has 35 heavy (non-hydrogen) atoms. The van der Waals surface area contributed by atoms with Crippen LogP contribution in [0.3, 0.4) is 0 Å². The molecule has 0 bridgehead atoms. The smallest absolute Gasteiger partial charge is 0.112 e. The van der Waals surface area contributed by atoms with Gasteiger partial charge >= 0.3 is 0 Å². The van der Waals surface area contributed by atoms with Crippen LogP contribution < -0.4 is 24.0 Å². The van der Waals surface area contributed by atoms with Gasteiger partial charge in [-0.1, -0.05) is 135 Å². The van der Waals surface area contributed by atoms with Gasteiger partial charge in [0.2, 0.25) is 0 Å². The van der Waals surface area contributed by atoms with E-state index in [0.29, 0.717) is 5.66 Å². The first-order valence-electron chi connectivity index (χ1n) is 15.3. The summed E-state index contributed by atoms with van der Waals surface area (Å²) in [5.41, 5.74) is 2.16. The third kappa shape index (κ3) is 15.9. The predicted molar refractivity (Wildman–Crippen MR) is 161 cm³/mol. The second-order valence-corrected chi connectivity index (χ2v) is 15.1. The summed E-state index contributed by atoms with van der Waals surface area (Å²) in [5, 5.41) is 0. The minimum Gasteiger partial charge on any atom is -1.00 e. The van der Waals surface area contributed by atoms with Crippen molar-refractivity contribution < 1.29 is 24.0 Å². The SMILES string of the molecule is C=CC(c1ccccc1)[P+](CCCCCCCC)(CCCCCCCC)CCCCCCCC.[I-]. The van der Waals surface area contributed by atoms with E-state index < -0.39 is 7.26 Å². The highest BCUT2D eigenvalue weighted by Gasteiger charge is 2.43. The normalized spacial score (nSPS) is 12.3. The Hall–Kier alpha value is 0.120. The van der Waals surface area contributed by atoms with Crippen molar-refractivity contribution in [3.05, 3.63) is 48.6 Å². The lowest BCUT2D eigenvalue weighted by atomic mass is 10.1. The molecule has 0 fully saturated rings. The molecule has 1 aromatic carbocycles. The van der Waals surface area contributed by atoms with Crippen LogP contribution in [0.25, 0.3) is 0 Å². The van der Waals surface area contributed by atoms with Gasteiger partial charge in [-0.2, -0.15) is 0 Å². The van der Waals surface area contributed by atoms with E-state index in [1.165, 1.54) is 134 Å². The average molecular weight is 615 g/mol. The molecule has 0 aliphatic rings.